The molecule has 0 saturated heterocycles. The number of nitrogens with zero attached hydrogens (tertiary/aromatic N) is 4. The summed E-state index contributed by atoms with van der Waals surface area (Å²) in [7, 11) is 4.41. The van der Waals surface area contributed by atoms with E-state index in [0.717, 1.165) is 89.7 Å². The van der Waals surface area contributed by atoms with E-state index in [2.05, 4.69) is 345 Å². The molecule has 0 amide bonds. The zero-order chi connectivity index (χ0) is 64.5. The number of allylic oxidation sites excluding steroid dienone is 8. The Morgan fingerprint density at radius 1 is 0.441 bits per heavy atom. The molecular formula is C84H80B2N6O. The van der Waals surface area contributed by atoms with Gasteiger partial charge in [-0.25, -0.2) is 4.98 Å². The molecule has 7 nitrogen and oxygen atoms in total. The standard InChI is InChI=1S/C84H80B2N6O/c1-81(2,3)61-39-42-74-69(53-61)66-41-40-64(56-77(66)92(74)78-54-62(43-50-89-78)84(10,59-27-13-11-14-28-59)60-29-15-12-16-30-60)93-65-52-58(79-70(82(4,5)6)33-24-34-71(79)83(7,8)9)51-63(55-65)90-57-91(76-38-18-17-37-75(76)90)80-67(72-35-25-48-87-46-21-19-44-85-72)31-23-32-68(80)73-36-26-49-88-47-22-20-45-86-73/h11-56,87-88H,57H2,1-10H3/b44-19-,45-20-,46-21-,47-22-,48-25-,49-26-,72-35-,73-36-. The van der Waals surface area contributed by atoms with E-state index >= 15 is 0 Å². The minimum absolute atomic E-state index is 0.0695. The highest BCUT2D eigenvalue weighted by Crippen LogP contribution is 2.51. The normalized spacial score (nSPS) is 17.7. The zero-order valence-electron chi connectivity index (χ0n) is 55.1. The molecule has 13 rings (SSSR count). The number of pyridine rings is 1. The van der Waals surface area contributed by atoms with Crippen LogP contribution in [-0.4, -0.2) is 30.8 Å². The number of benzene rings is 8. The van der Waals surface area contributed by atoms with Crippen molar-refractivity contribution in [2.24, 2.45) is 0 Å². The van der Waals surface area contributed by atoms with Crippen molar-refractivity contribution in [3.8, 4) is 28.4 Å². The van der Waals surface area contributed by atoms with Crippen LogP contribution in [0.1, 0.15) is 114 Å². The van der Waals surface area contributed by atoms with Crippen LogP contribution in [0.25, 0.3) is 49.7 Å². The van der Waals surface area contributed by atoms with Crippen LogP contribution in [-0.2, 0) is 21.7 Å². The van der Waals surface area contributed by atoms with Crippen LogP contribution in [0.15, 0.2) is 280 Å². The lowest BCUT2D eigenvalue weighted by Gasteiger charge is -2.32. The fourth-order valence-corrected chi connectivity index (χ4v) is 13.5. The summed E-state index contributed by atoms with van der Waals surface area (Å²) < 4.78 is 9.83. The molecule has 5 heterocycles. The van der Waals surface area contributed by atoms with Crippen molar-refractivity contribution in [1.29, 1.82) is 0 Å². The number of hydrogen-bond donors (Lipinski definition) is 2. The van der Waals surface area contributed by atoms with Gasteiger partial charge in [-0.1, -0.05) is 213 Å². The summed E-state index contributed by atoms with van der Waals surface area (Å²) >= 11 is 0. The van der Waals surface area contributed by atoms with Crippen LogP contribution in [0.4, 0.5) is 22.7 Å². The van der Waals surface area contributed by atoms with Crippen molar-refractivity contribution < 1.29 is 4.74 Å². The highest BCUT2D eigenvalue weighted by atomic mass is 16.5. The quantitative estimate of drug-likeness (QED) is 0.126. The maximum Gasteiger partial charge on any atom is 0.182 e. The van der Waals surface area contributed by atoms with Gasteiger partial charge in [0.25, 0.3) is 0 Å². The van der Waals surface area contributed by atoms with Gasteiger partial charge in [0, 0.05) is 65.0 Å². The molecule has 0 bridgehead atoms. The van der Waals surface area contributed by atoms with Gasteiger partial charge in [0.2, 0.25) is 0 Å². The van der Waals surface area contributed by atoms with Crippen LogP contribution in [0.5, 0.6) is 11.5 Å². The lowest BCUT2D eigenvalue weighted by Crippen LogP contribution is -2.26. The second-order valence-corrected chi connectivity index (χ2v) is 27.6. The molecular weight excluding hydrogens is 1130 g/mol. The molecule has 9 heteroatoms. The first-order chi connectivity index (χ1) is 44.9. The number of fused-ring (bicyclic) bond motifs is 4. The number of aromatic nitrogens is 2. The molecule has 10 aromatic rings. The molecule has 2 N–H and O–H groups in total. The summed E-state index contributed by atoms with van der Waals surface area (Å²) in [5, 5.41) is 8.85. The summed E-state index contributed by atoms with van der Waals surface area (Å²) in [5.41, 5.74) is 19.5. The summed E-state index contributed by atoms with van der Waals surface area (Å²) in [6.07, 6.45) is 26.4. The van der Waals surface area contributed by atoms with Gasteiger partial charge in [0.05, 0.1) is 28.1 Å². The highest BCUT2D eigenvalue weighted by Gasteiger charge is 2.35. The predicted molar refractivity (Wildman–Crippen MR) is 396 cm³/mol. The summed E-state index contributed by atoms with van der Waals surface area (Å²) in [6, 6.07) is 69.0. The van der Waals surface area contributed by atoms with Crippen LogP contribution in [0.2, 0.25) is 0 Å². The van der Waals surface area contributed by atoms with Gasteiger partial charge in [-0.05, 0) is 164 Å². The Labute approximate surface area is 551 Å². The van der Waals surface area contributed by atoms with Crippen LogP contribution in [0, 0.1) is 0 Å². The molecule has 8 aromatic carbocycles. The van der Waals surface area contributed by atoms with Crippen molar-refractivity contribution in [2.45, 2.75) is 90.9 Å². The predicted octanol–water partition coefficient (Wildman–Crippen LogP) is 20.5. The van der Waals surface area contributed by atoms with E-state index < -0.39 is 5.41 Å². The minimum atomic E-state index is -0.477. The van der Waals surface area contributed by atoms with Gasteiger partial charge in [0.15, 0.2) is 14.6 Å². The summed E-state index contributed by atoms with van der Waals surface area (Å²) in [6.45, 7) is 23.6. The Balaban J connectivity index is 0.999. The van der Waals surface area contributed by atoms with Crippen molar-refractivity contribution in [3.05, 3.63) is 324 Å². The van der Waals surface area contributed by atoms with Crippen molar-refractivity contribution in [1.82, 2.24) is 20.2 Å². The van der Waals surface area contributed by atoms with Crippen molar-refractivity contribution >= 4 is 70.1 Å². The third-order valence-corrected chi connectivity index (χ3v) is 18.3. The third-order valence-electron chi connectivity index (χ3n) is 18.3. The lowest BCUT2D eigenvalue weighted by molar-refractivity contribution is 0.483. The number of rotatable bonds is 11. The van der Waals surface area contributed by atoms with Gasteiger partial charge >= 0.3 is 0 Å². The molecule has 0 fully saturated rings. The number of nitrogens with one attached hydrogen (secondary N) is 2. The van der Waals surface area contributed by atoms with Crippen molar-refractivity contribution in [2.75, 3.05) is 16.5 Å². The molecule has 3 aliphatic heterocycles. The first kappa shape index (κ1) is 61.6. The molecule has 2 radical (unpaired) electrons. The van der Waals surface area contributed by atoms with E-state index in [1.165, 1.54) is 38.8 Å². The van der Waals surface area contributed by atoms with Gasteiger partial charge in [0.1, 0.15) is 24.0 Å². The maximum absolute atomic E-state index is 7.49. The molecule has 0 saturated carbocycles. The fraction of sp³-hybridized carbons (Fsp3) is 0.179. The highest BCUT2D eigenvalue weighted by molar-refractivity contribution is 6.67. The molecule has 0 atom stereocenters. The van der Waals surface area contributed by atoms with E-state index in [-0.39, 0.29) is 16.2 Å². The SMILES string of the molecule is CC(C)(C)c1ccc2c(c1)c1ccc(Oc3cc(-c4c(C(C)(C)C)cccc4C(C)(C)C)cc(N4CN(c5c(/C6=C/C=C\N/C=C\C=C/[B]6)cccc5/C5=C/C=C\N/C=C\C=C/[B]5)c5ccccc54)c3)cc1n2-c1cc(C(C)(c2ccccc2)c2ccccc2)ccn1. The smallest absolute Gasteiger partial charge is 0.182 e. The Kier molecular flexibility index (Phi) is 16.9. The van der Waals surface area contributed by atoms with Crippen LogP contribution < -0.4 is 25.2 Å². The number of ether oxygens (including phenoxy) is 1. The molecule has 0 aliphatic carbocycles. The van der Waals surface area contributed by atoms with Crippen molar-refractivity contribution in [3.63, 3.8) is 0 Å². The zero-order valence-corrected chi connectivity index (χ0v) is 55.1. The Hall–Kier alpha value is -10.2. The van der Waals surface area contributed by atoms with Gasteiger partial charge in [-0.3, -0.25) is 4.57 Å². The first-order valence-corrected chi connectivity index (χ1v) is 32.4. The van der Waals surface area contributed by atoms with E-state index in [0.29, 0.717) is 6.67 Å². The second kappa shape index (κ2) is 25.4. The topological polar surface area (TPSA) is 57.6 Å². The molecule has 2 aromatic heterocycles. The van der Waals surface area contributed by atoms with E-state index in [1.807, 2.05) is 43.1 Å². The maximum atomic E-state index is 7.49. The van der Waals surface area contributed by atoms with E-state index in [4.69, 9.17) is 9.72 Å². The lowest BCUT2D eigenvalue weighted by atomic mass is 9.63. The number of anilines is 4. The molecule has 0 unspecified atom stereocenters. The Bertz CT molecular complexity index is 4570. The largest absolute Gasteiger partial charge is 0.457 e. The van der Waals surface area contributed by atoms with Gasteiger partial charge in [-0.2, -0.15) is 0 Å². The molecule has 0 spiro atoms. The third kappa shape index (κ3) is 12.4. The fourth-order valence-electron chi connectivity index (χ4n) is 13.5. The second-order valence-electron chi connectivity index (χ2n) is 27.6. The summed E-state index contributed by atoms with van der Waals surface area (Å²) in [4.78, 5) is 10.2. The van der Waals surface area contributed by atoms with Gasteiger partial charge < -0.3 is 25.2 Å². The van der Waals surface area contributed by atoms with E-state index in [1.54, 1.807) is 0 Å². The molecule has 93 heavy (non-hydrogen) atoms. The summed E-state index contributed by atoms with van der Waals surface area (Å²) in [5.74, 6) is 6.50. The first-order valence-electron chi connectivity index (χ1n) is 32.4. The Morgan fingerprint density at radius 2 is 1.02 bits per heavy atom. The van der Waals surface area contributed by atoms with E-state index in [9.17, 15) is 0 Å². The Morgan fingerprint density at radius 3 is 1.62 bits per heavy atom. The molecule has 458 valence electrons. The number of hydrogen-bond acceptors (Lipinski definition) is 6. The van der Waals surface area contributed by atoms with Crippen LogP contribution in [0.3, 0.4) is 0 Å². The average Bonchev–Trinajstić information content (AvgIpc) is 1.67. The monoisotopic (exact) mass is 1210 g/mol. The number of para-hydroxylation sites is 3. The minimum Gasteiger partial charge on any atom is -0.457 e. The van der Waals surface area contributed by atoms with Gasteiger partial charge in [-0.15, -0.1) is 12.0 Å². The van der Waals surface area contributed by atoms with Crippen LogP contribution >= 0.6 is 0 Å². The average molecular weight is 1210 g/mol. The molecule has 3 aliphatic rings.